The number of rotatable bonds is 12. The van der Waals surface area contributed by atoms with Crippen molar-refractivity contribution in [2.24, 2.45) is 10.2 Å². The molecule has 2 amide bonds. The molecule has 1 heterocycles. The largest absolute Gasteiger partial charge is 0.497 e. The Morgan fingerprint density at radius 1 is 0.870 bits per heavy atom. The lowest BCUT2D eigenvalue weighted by Gasteiger charge is -2.29. The third-order valence-corrected chi connectivity index (χ3v) is 9.67. The number of carbonyl (C=O) groups excluding carboxylic acids is 2. The lowest BCUT2D eigenvalue weighted by atomic mass is 9.78. The molecule has 0 spiro atoms. The first-order valence-electron chi connectivity index (χ1n) is 17.1. The van der Waals surface area contributed by atoms with Crippen molar-refractivity contribution in [3.05, 3.63) is 121 Å². The fraction of sp³-hybridized carbons (Fsp3) is 0.275. The highest BCUT2D eigenvalue weighted by molar-refractivity contribution is 6.40. The molecule has 5 rings (SSSR count). The van der Waals surface area contributed by atoms with Crippen molar-refractivity contribution in [3.63, 3.8) is 0 Å². The Kier molecular flexibility index (Phi) is 12.3. The number of azo groups is 1. The van der Waals surface area contributed by atoms with Gasteiger partial charge in [0.15, 0.2) is 18.1 Å². The number of nitrogens with zero attached hydrogens (tertiary/aromatic N) is 3. The van der Waals surface area contributed by atoms with Crippen molar-refractivity contribution in [1.82, 2.24) is 9.78 Å². The predicted octanol–water partition coefficient (Wildman–Crippen LogP) is 10.8. The summed E-state index contributed by atoms with van der Waals surface area (Å²) in [6.07, 6.45) is 0.881. The number of aromatic amines is 1. The normalized spacial score (nSPS) is 11.8. The summed E-state index contributed by atoms with van der Waals surface area (Å²) in [6.45, 7) is 12.6. The molecule has 54 heavy (non-hydrogen) atoms. The van der Waals surface area contributed by atoms with Gasteiger partial charge in [-0.15, -0.1) is 5.11 Å². The Morgan fingerprint density at radius 2 is 1.56 bits per heavy atom. The van der Waals surface area contributed by atoms with Crippen molar-refractivity contribution in [2.75, 3.05) is 24.4 Å². The Labute approximate surface area is 328 Å². The number of anilines is 2. The van der Waals surface area contributed by atoms with E-state index in [0.29, 0.717) is 22.9 Å². The summed E-state index contributed by atoms with van der Waals surface area (Å²) < 4.78 is 12.3. The van der Waals surface area contributed by atoms with Crippen molar-refractivity contribution in [3.8, 4) is 17.2 Å². The van der Waals surface area contributed by atoms with Crippen LogP contribution >= 0.6 is 34.8 Å². The number of benzene rings is 4. The van der Waals surface area contributed by atoms with Crippen molar-refractivity contribution in [1.29, 1.82) is 0 Å². The minimum Gasteiger partial charge on any atom is -0.497 e. The van der Waals surface area contributed by atoms with Crippen LogP contribution in [0.3, 0.4) is 0 Å². The molecular formula is C40H41Cl3N6O5. The molecule has 0 radical (unpaired) electrons. The molecule has 4 aromatic carbocycles. The zero-order valence-corrected chi connectivity index (χ0v) is 33.2. The fourth-order valence-corrected chi connectivity index (χ4v) is 6.36. The molecule has 14 heteroatoms. The molecule has 0 aliphatic rings. The first-order valence-corrected chi connectivity index (χ1v) is 18.2. The zero-order chi connectivity index (χ0) is 39.4. The quantitative estimate of drug-likeness (QED) is 0.108. The Morgan fingerprint density at radius 3 is 2.19 bits per heavy atom. The third kappa shape index (κ3) is 9.33. The number of carbonyl (C=O) groups is 2. The second-order valence-corrected chi connectivity index (χ2v) is 15.4. The van der Waals surface area contributed by atoms with Gasteiger partial charge in [0.05, 0.1) is 22.8 Å². The Balaban J connectivity index is 1.37. The number of H-pyrrole nitrogens is 1. The van der Waals surface area contributed by atoms with Gasteiger partial charge in [-0.1, -0.05) is 94.5 Å². The minimum atomic E-state index is -0.701. The van der Waals surface area contributed by atoms with Crippen molar-refractivity contribution < 1.29 is 19.1 Å². The van der Waals surface area contributed by atoms with Crippen LogP contribution < -0.4 is 25.7 Å². The number of ether oxygens (including phenoxy) is 2. The molecule has 1 aromatic heterocycles. The fourth-order valence-electron chi connectivity index (χ4n) is 5.38. The second-order valence-electron chi connectivity index (χ2n) is 14.2. The topological polar surface area (TPSA) is 139 Å². The number of hydrogen-bond acceptors (Lipinski definition) is 7. The number of methoxy groups -OCH3 is 1. The van der Waals surface area contributed by atoms with E-state index in [4.69, 9.17) is 44.3 Å². The van der Waals surface area contributed by atoms with Crippen LogP contribution in [-0.2, 0) is 15.6 Å². The first kappa shape index (κ1) is 40.1. The lowest BCUT2D eigenvalue weighted by Crippen LogP contribution is -2.24. The summed E-state index contributed by atoms with van der Waals surface area (Å²) in [4.78, 5) is 40.4. The van der Waals surface area contributed by atoms with Crippen LogP contribution in [0.25, 0.3) is 5.69 Å². The van der Waals surface area contributed by atoms with E-state index < -0.39 is 17.4 Å². The maximum absolute atomic E-state index is 13.7. The Bertz CT molecular complexity index is 2250. The van der Waals surface area contributed by atoms with Gasteiger partial charge in [-0.05, 0) is 83.5 Å². The molecule has 0 atom stereocenters. The van der Waals surface area contributed by atoms with Crippen molar-refractivity contribution >= 4 is 69.5 Å². The van der Waals surface area contributed by atoms with Gasteiger partial charge in [0, 0.05) is 21.8 Å². The van der Waals surface area contributed by atoms with E-state index >= 15 is 0 Å². The van der Waals surface area contributed by atoms with Gasteiger partial charge in [-0.2, -0.15) is 5.11 Å². The van der Waals surface area contributed by atoms with E-state index in [1.54, 1.807) is 42.5 Å². The summed E-state index contributed by atoms with van der Waals surface area (Å²) in [5.74, 6) is 0.137. The highest BCUT2D eigenvalue weighted by atomic mass is 35.5. The summed E-state index contributed by atoms with van der Waals surface area (Å²) in [5, 5.41) is 17.1. The van der Waals surface area contributed by atoms with Gasteiger partial charge >= 0.3 is 5.56 Å². The molecule has 5 aromatic rings. The van der Waals surface area contributed by atoms with E-state index in [0.717, 1.165) is 16.7 Å². The number of amides is 2. The van der Waals surface area contributed by atoms with Gasteiger partial charge in [-0.25, -0.2) is 4.68 Å². The second kappa shape index (κ2) is 16.5. The summed E-state index contributed by atoms with van der Waals surface area (Å²) in [5.41, 5.74) is 2.09. The molecule has 0 bridgehead atoms. The van der Waals surface area contributed by atoms with E-state index in [9.17, 15) is 14.4 Å². The van der Waals surface area contributed by atoms with Crippen LogP contribution in [0.2, 0.25) is 15.1 Å². The molecule has 0 aliphatic carbocycles. The van der Waals surface area contributed by atoms with Crippen LogP contribution in [0.4, 0.5) is 22.9 Å². The standard InChI is InChI=1S/C40H41Cl3N6O5/c1-8-40(5,6)29-19-24(39(2,3)4)12-17-32(29)54-22-33(50)44-27-11-9-10-23(18-27)37(51)45-36-34(47-46-26-13-15-28(53-7)16-14-26)38(52)49(48-36)35-30(42)20-25(41)21-31(35)43/h9-21,48H,8,22H2,1-7H3,(H,44,50)(H,45,51). The maximum atomic E-state index is 13.7. The predicted molar refractivity (Wildman–Crippen MR) is 216 cm³/mol. The number of hydrogen-bond donors (Lipinski definition) is 3. The van der Waals surface area contributed by atoms with Gasteiger partial charge in [0.25, 0.3) is 11.8 Å². The van der Waals surface area contributed by atoms with Crippen LogP contribution in [0.15, 0.2) is 93.9 Å². The zero-order valence-electron chi connectivity index (χ0n) is 30.9. The van der Waals surface area contributed by atoms with Crippen LogP contribution in [0, 0.1) is 0 Å². The average Bonchev–Trinajstić information content (AvgIpc) is 3.42. The Hall–Kier alpha value is -5.10. The molecule has 11 nitrogen and oxygen atoms in total. The molecular weight excluding hydrogens is 751 g/mol. The number of nitrogens with one attached hydrogen (secondary N) is 3. The van der Waals surface area contributed by atoms with Crippen molar-refractivity contribution in [2.45, 2.75) is 58.8 Å². The summed E-state index contributed by atoms with van der Waals surface area (Å²) in [7, 11) is 1.54. The molecule has 0 aliphatic heterocycles. The third-order valence-electron chi connectivity index (χ3n) is 8.87. The van der Waals surface area contributed by atoms with E-state index in [-0.39, 0.29) is 55.3 Å². The van der Waals surface area contributed by atoms with Gasteiger partial charge in [0.2, 0.25) is 0 Å². The molecule has 0 saturated heterocycles. The van der Waals surface area contributed by atoms with Crippen LogP contribution in [0.1, 0.15) is 69.4 Å². The summed E-state index contributed by atoms with van der Waals surface area (Å²) in [6, 6.07) is 21.9. The highest BCUT2D eigenvalue weighted by Gasteiger charge is 2.26. The number of aromatic nitrogens is 2. The molecule has 0 fully saturated rings. The van der Waals surface area contributed by atoms with Crippen LogP contribution in [-0.4, -0.2) is 35.3 Å². The van der Waals surface area contributed by atoms with E-state index in [1.165, 1.54) is 30.9 Å². The molecule has 0 saturated carbocycles. The smallest absolute Gasteiger partial charge is 0.301 e. The monoisotopic (exact) mass is 790 g/mol. The first-order chi connectivity index (χ1) is 25.5. The van der Waals surface area contributed by atoms with Gasteiger partial charge in [-0.3, -0.25) is 19.5 Å². The minimum absolute atomic E-state index is 0.0495. The molecule has 0 unspecified atom stereocenters. The molecule has 282 valence electrons. The molecule has 3 N–H and O–H groups in total. The lowest BCUT2D eigenvalue weighted by molar-refractivity contribution is -0.118. The van der Waals surface area contributed by atoms with Crippen LogP contribution in [0.5, 0.6) is 11.5 Å². The average molecular weight is 792 g/mol. The van der Waals surface area contributed by atoms with Gasteiger partial charge < -0.3 is 20.1 Å². The summed E-state index contributed by atoms with van der Waals surface area (Å²) >= 11 is 19.0. The SMILES string of the molecule is CCC(C)(C)c1cc(C(C)(C)C)ccc1OCC(=O)Nc1cccc(C(=O)Nc2[nH]n(-c3c(Cl)cc(Cl)cc3Cl)c(=O)c2N=Nc2ccc(OC)cc2)c1. The van der Waals surface area contributed by atoms with Gasteiger partial charge in [0.1, 0.15) is 17.2 Å². The number of halogens is 3. The van der Waals surface area contributed by atoms with E-state index in [2.05, 4.69) is 73.6 Å². The maximum Gasteiger partial charge on any atom is 0.301 e. The van der Waals surface area contributed by atoms with E-state index in [1.807, 2.05) is 12.1 Å². The highest BCUT2D eigenvalue weighted by Crippen LogP contribution is 2.38.